The summed E-state index contributed by atoms with van der Waals surface area (Å²) in [4.78, 5) is 14.4. The van der Waals surface area contributed by atoms with Crippen LogP contribution in [0.4, 0.5) is 4.79 Å². The lowest BCUT2D eigenvalue weighted by Gasteiger charge is -2.22. The third kappa shape index (κ3) is 4.04. The summed E-state index contributed by atoms with van der Waals surface area (Å²) < 4.78 is 7.32. The molecule has 0 spiro atoms. The minimum absolute atomic E-state index is 0.357. The first kappa shape index (κ1) is 15.9. The van der Waals surface area contributed by atoms with Crippen LogP contribution in [0.3, 0.4) is 0 Å². The molecule has 3 rings (SSSR count). The van der Waals surface area contributed by atoms with E-state index >= 15 is 0 Å². The Morgan fingerprint density at radius 1 is 0.875 bits per heavy atom. The maximum absolute atomic E-state index is 12.7. The average Bonchev–Trinajstić information content (AvgIpc) is 3.01. The van der Waals surface area contributed by atoms with Crippen LogP contribution >= 0.6 is 0 Å². The average molecular weight is 320 g/mol. The monoisotopic (exact) mass is 320 g/mol. The molecule has 0 aliphatic carbocycles. The first-order valence-electron chi connectivity index (χ1n) is 7.88. The smallest absolute Gasteiger partial charge is 0.393 e. The van der Waals surface area contributed by atoms with Gasteiger partial charge < -0.3 is 9.30 Å². The minimum Gasteiger partial charge on any atom is -0.393 e. The number of benzene rings is 2. The van der Waals surface area contributed by atoms with Crippen molar-refractivity contribution in [2.75, 3.05) is 0 Å². The molecule has 0 bridgehead atoms. The largest absolute Gasteiger partial charge is 0.417 e. The van der Waals surface area contributed by atoms with E-state index < -0.39 is 0 Å². The molecule has 0 saturated heterocycles. The number of ether oxygens (including phenoxy) is 1. The molecule has 0 N–H and O–H groups in total. The lowest BCUT2D eigenvalue weighted by Crippen LogP contribution is -2.33. The zero-order valence-corrected chi connectivity index (χ0v) is 13.6. The molecule has 4 nitrogen and oxygen atoms in total. The molecule has 0 saturated carbocycles. The van der Waals surface area contributed by atoms with Gasteiger partial charge in [0, 0.05) is 32.4 Å². The van der Waals surface area contributed by atoms with Gasteiger partial charge in [-0.05, 0) is 17.2 Å². The van der Waals surface area contributed by atoms with E-state index in [0.717, 1.165) is 11.1 Å². The zero-order valence-electron chi connectivity index (χ0n) is 13.6. The fourth-order valence-corrected chi connectivity index (χ4v) is 2.50. The number of aromatic nitrogens is 1. The Balaban J connectivity index is 1.78. The van der Waals surface area contributed by atoms with E-state index in [2.05, 4.69) is 0 Å². The van der Waals surface area contributed by atoms with Crippen LogP contribution in [-0.4, -0.2) is 15.6 Å². The quantitative estimate of drug-likeness (QED) is 0.705. The second-order valence-electron chi connectivity index (χ2n) is 5.65. The third-order valence-electron chi connectivity index (χ3n) is 3.78. The van der Waals surface area contributed by atoms with Gasteiger partial charge in [-0.2, -0.15) is 0 Å². The van der Waals surface area contributed by atoms with E-state index in [1.165, 1.54) is 0 Å². The van der Waals surface area contributed by atoms with E-state index in [0.29, 0.717) is 19.0 Å². The summed E-state index contributed by atoms with van der Waals surface area (Å²) in [5.74, 6) is 0.533. The van der Waals surface area contributed by atoms with Gasteiger partial charge in [0.2, 0.25) is 5.88 Å². The predicted molar refractivity (Wildman–Crippen MR) is 93.6 cm³/mol. The van der Waals surface area contributed by atoms with Crippen LogP contribution in [0.15, 0.2) is 79.0 Å². The lowest BCUT2D eigenvalue weighted by atomic mass is 10.2. The number of nitrogens with zero attached hydrogens (tertiary/aromatic N) is 2. The van der Waals surface area contributed by atoms with Crippen molar-refractivity contribution in [2.45, 2.75) is 13.1 Å². The van der Waals surface area contributed by atoms with Crippen molar-refractivity contribution in [1.82, 2.24) is 9.47 Å². The maximum Gasteiger partial charge on any atom is 0.417 e. The molecule has 122 valence electrons. The molecule has 0 unspecified atom stereocenters. The summed E-state index contributed by atoms with van der Waals surface area (Å²) in [6.07, 6.45) is 1.49. The summed E-state index contributed by atoms with van der Waals surface area (Å²) in [7, 11) is 1.85. The van der Waals surface area contributed by atoms with Crippen LogP contribution in [0.5, 0.6) is 5.88 Å². The highest BCUT2D eigenvalue weighted by molar-refractivity contribution is 5.70. The highest BCUT2D eigenvalue weighted by Crippen LogP contribution is 2.15. The normalized spacial score (nSPS) is 10.4. The van der Waals surface area contributed by atoms with Crippen LogP contribution < -0.4 is 4.74 Å². The summed E-state index contributed by atoms with van der Waals surface area (Å²) in [5, 5.41) is 0. The maximum atomic E-state index is 12.7. The summed E-state index contributed by atoms with van der Waals surface area (Å²) in [6, 6.07) is 23.5. The number of amides is 1. The number of carbonyl (C=O) groups is 1. The van der Waals surface area contributed by atoms with Crippen molar-refractivity contribution in [3.63, 3.8) is 0 Å². The van der Waals surface area contributed by atoms with Gasteiger partial charge in [0.1, 0.15) is 0 Å². The number of carbonyl (C=O) groups excluding carboxylic acids is 1. The molecule has 0 aliphatic heterocycles. The standard InChI is InChI=1S/C20H20N2O2/c1-21-14-8-13-19(21)24-20(23)22(15-17-9-4-2-5-10-17)16-18-11-6-3-7-12-18/h2-14H,15-16H2,1H3. The van der Waals surface area contributed by atoms with E-state index in [9.17, 15) is 4.79 Å². The van der Waals surface area contributed by atoms with Gasteiger partial charge in [0.05, 0.1) is 0 Å². The molecule has 0 atom stereocenters. The molecule has 24 heavy (non-hydrogen) atoms. The molecule has 0 fully saturated rings. The van der Waals surface area contributed by atoms with Crippen LogP contribution in [0.1, 0.15) is 11.1 Å². The number of hydrogen-bond donors (Lipinski definition) is 0. The third-order valence-corrected chi connectivity index (χ3v) is 3.78. The first-order chi connectivity index (χ1) is 11.7. The highest BCUT2D eigenvalue weighted by atomic mass is 16.6. The molecular weight excluding hydrogens is 300 g/mol. The molecule has 1 heterocycles. The Hall–Kier alpha value is -3.01. The SMILES string of the molecule is Cn1cccc1OC(=O)N(Cc1ccccc1)Cc1ccccc1. The van der Waals surface area contributed by atoms with Crippen LogP contribution in [0.2, 0.25) is 0 Å². The van der Waals surface area contributed by atoms with Crippen LogP contribution in [0, 0.1) is 0 Å². The predicted octanol–water partition coefficient (Wildman–Crippen LogP) is 4.23. The topological polar surface area (TPSA) is 34.5 Å². The van der Waals surface area contributed by atoms with Gasteiger partial charge >= 0.3 is 6.09 Å². The van der Waals surface area contributed by atoms with Crippen molar-refractivity contribution >= 4 is 6.09 Å². The van der Waals surface area contributed by atoms with E-state index in [-0.39, 0.29) is 6.09 Å². The van der Waals surface area contributed by atoms with Gasteiger partial charge in [-0.25, -0.2) is 4.79 Å². The van der Waals surface area contributed by atoms with Crippen LogP contribution in [0.25, 0.3) is 0 Å². The molecular formula is C20H20N2O2. The Morgan fingerprint density at radius 3 is 1.88 bits per heavy atom. The Kier molecular flexibility index (Phi) is 4.96. The van der Waals surface area contributed by atoms with Crippen molar-refractivity contribution in [3.05, 3.63) is 90.1 Å². The highest BCUT2D eigenvalue weighted by Gasteiger charge is 2.18. The van der Waals surface area contributed by atoms with Gasteiger partial charge in [0.15, 0.2) is 0 Å². The molecule has 0 radical (unpaired) electrons. The first-order valence-corrected chi connectivity index (χ1v) is 7.88. The number of rotatable bonds is 5. The molecule has 1 amide bonds. The fraction of sp³-hybridized carbons (Fsp3) is 0.150. The van der Waals surface area contributed by atoms with E-state index in [1.807, 2.05) is 80.0 Å². The summed E-state index contributed by atoms with van der Waals surface area (Å²) >= 11 is 0. The molecule has 1 aromatic heterocycles. The number of aryl methyl sites for hydroxylation is 1. The van der Waals surface area contributed by atoms with Gasteiger partial charge in [-0.1, -0.05) is 60.7 Å². The minimum atomic E-state index is -0.357. The van der Waals surface area contributed by atoms with Crippen LogP contribution in [-0.2, 0) is 20.1 Å². The van der Waals surface area contributed by atoms with Crippen molar-refractivity contribution in [3.8, 4) is 5.88 Å². The summed E-state index contributed by atoms with van der Waals surface area (Å²) in [6.45, 7) is 0.998. The molecule has 0 aliphatic rings. The second kappa shape index (κ2) is 7.51. The summed E-state index contributed by atoms with van der Waals surface area (Å²) in [5.41, 5.74) is 2.13. The van der Waals surface area contributed by atoms with Crippen molar-refractivity contribution in [2.24, 2.45) is 7.05 Å². The lowest BCUT2D eigenvalue weighted by molar-refractivity contribution is 0.143. The molecule has 2 aromatic carbocycles. The van der Waals surface area contributed by atoms with E-state index in [4.69, 9.17) is 4.74 Å². The van der Waals surface area contributed by atoms with Crippen molar-refractivity contribution in [1.29, 1.82) is 0 Å². The second-order valence-corrected chi connectivity index (χ2v) is 5.65. The Labute approximate surface area is 141 Å². The number of hydrogen-bond acceptors (Lipinski definition) is 2. The Morgan fingerprint density at radius 2 is 1.42 bits per heavy atom. The molecule has 3 aromatic rings. The fourth-order valence-electron chi connectivity index (χ4n) is 2.50. The Bertz CT molecular complexity index is 740. The molecule has 4 heteroatoms. The van der Waals surface area contributed by atoms with Gasteiger partial charge in [-0.3, -0.25) is 4.90 Å². The van der Waals surface area contributed by atoms with Gasteiger partial charge in [0.25, 0.3) is 0 Å². The van der Waals surface area contributed by atoms with E-state index in [1.54, 1.807) is 15.5 Å². The van der Waals surface area contributed by atoms with Crippen molar-refractivity contribution < 1.29 is 9.53 Å². The van der Waals surface area contributed by atoms with Gasteiger partial charge in [-0.15, -0.1) is 0 Å². The zero-order chi connectivity index (χ0) is 16.8.